The van der Waals surface area contributed by atoms with Crippen molar-refractivity contribution in [2.24, 2.45) is 5.14 Å². The Balaban J connectivity index is 3.34. The predicted molar refractivity (Wildman–Crippen MR) is 81.0 cm³/mol. The average Bonchev–Trinajstić information content (AvgIpc) is 2.15. The molecule has 0 fully saturated rings. The van der Waals surface area contributed by atoms with Crippen LogP contribution in [-0.2, 0) is 5.41 Å². The van der Waals surface area contributed by atoms with Crippen LogP contribution in [0.1, 0.15) is 45.2 Å². The molecule has 0 saturated heterocycles. The molecule has 1 aromatic carbocycles. The van der Waals surface area contributed by atoms with Crippen molar-refractivity contribution in [2.45, 2.75) is 51.3 Å². The number of nitrogens with two attached hydrogens (primary N) is 1. The Hall–Kier alpha value is -0.470. The number of rotatable bonds is 3. The van der Waals surface area contributed by atoms with Gasteiger partial charge in [-0.15, -0.1) is 0 Å². The van der Waals surface area contributed by atoms with Crippen molar-refractivity contribution in [3.05, 3.63) is 29.3 Å². The molecule has 2 N–H and O–H groups in total. The van der Waals surface area contributed by atoms with E-state index in [-0.39, 0.29) is 5.41 Å². The lowest BCUT2D eigenvalue weighted by Crippen LogP contribution is -2.21. The molecule has 1 rings (SSSR count). The minimum absolute atomic E-state index is 0.171. The molecule has 0 amide bonds. The monoisotopic (exact) mass is 253 g/mol. The molecular formula is C15H27NS. The summed E-state index contributed by atoms with van der Waals surface area (Å²) in [5.41, 5.74) is 2.90. The number of hydrogen-bond acceptors (Lipinski definition) is 1. The van der Waals surface area contributed by atoms with E-state index in [1.165, 1.54) is 16.0 Å². The standard InChI is InChI=1S/C15H27NS/c1-7-10-17(6,16)14-11-12(2)8-9-13(14)15(3,4)5/h8-9,11H,7,10,16H2,1-6H3. The van der Waals surface area contributed by atoms with E-state index in [2.05, 4.69) is 59.1 Å². The van der Waals surface area contributed by atoms with Gasteiger partial charge in [0.2, 0.25) is 0 Å². The second-order valence-electron chi connectivity index (χ2n) is 6.11. The fourth-order valence-electron chi connectivity index (χ4n) is 2.17. The molecule has 0 bridgehead atoms. The van der Waals surface area contributed by atoms with E-state index in [1.807, 2.05) is 0 Å². The molecule has 0 spiro atoms. The van der Waals surface area contributed by atoms with E-state index in [9.17, 15) is 0 Å². The molecule has 1 nitrogen and oxygen atoms in total. The molecule has 0 heterocycles. The highest BCUT2D eigenvalue weighted by Gasteiger charge is 2.24. The summed E-state index contributed by atoms with van der Waals surface area (Å²) in [6.07, 6.45) is 3.39. The third-order valence-electron chi connectivity index (χ3n) is 3.08. The second-order valence-corrected chi connectivity index (χ2v) is 9.27. The fourth-order valence-corrected chi connectivity index (χ4v) is 4.57. The van der Waals surface area contributed by atoms with Gasteiger partial charge in [0.15, 0.2) is 0 Å². The predicted octanol–water partition coefficient (Wildman–Crippen LogP) is 4.37. The number of benzene rings is 1. The number of hydrogen-bond donors (Lipinski definition) is 1. The Kier molecular flexibility index (Phi) is 4.32. The summed E-state index contributed by atoms with van der Waals surface area (Å²) >= 11 is 0. The first-order valence-electron chi connectivity index (χ1n) is 6.33. The van der Waals surface area contributed by atoms with Crippen LogP contribution >= 0.6 is 10.2 Å². The van der Waals surface area contributed by atoms with Crippen LogP contribution in [0.3, 0.4) is 0 Å². The first-order chi connectivity index (χ1) is 7.68. The maximum Gasteiger partial charge on any atom is 0.00575 e. The largest absolute Gasteiger partial charge is 0.291 e. The highest BCUT2D eigenvalue weighted by Crippen LogP contribution is 2.50. The fraction of sp³-hybridized carbons (Fsp3) is 0.600. The molecular weight excluding hydrogens is 226 g/mol. The lowest BCUT2D eigenvalue weighted by Gasteiger charge is -2.37. The maximum absolute atomic E-state index is 6.60. The molecule has 0 radical (unpaired) electrons. The van der Waals surface area contributed by atoms with E-state index in [1.54, 1.807) is 0 Å². The van der Waals surface area contributed by atoms with Gasteiger partial charge in [0, 0.05) is 4.90 Å². The minimum Gasteiger partial charge on any atom is -0.291 e. The van der Waals surface area contributed by atoms with Crippen LogP contribution in [-0.4, -0.2) is 12.0 Å². The van der Waals surface area contributed by atoms with E-state index in [4.69, 9.17) is 5.14 Å². The molecule has 17 heavy (non-hydrogen) atoms. The van der Waals surface area contributed by atoms with Gasteiger partial charge in [-0.3, -0.25) is 5.14 Å². The minimum atomic E-state index is -1.15. The van der Waals surface area contributed by atoms with Gasteiger partial charge in [-0.2, -0.15) is 10.2 Å². The number of aryl methyl sites for hydroxylation is 1. The van der Waals surface area contributed by atoms with E-state index >= 15 is 0 Å². The van der Waals surface area contributed by atoms with Gasteiger partial charge in [-0.25, -0.2) is 0 Å². The van der Waals surface area contributed by atoms with Crippen molar-refractivity contribution in [3.8, 4) is 0 Å². The van der Waals surface area contributed by atoms with E-state index in [0.717, 1.165) is 12.2 Å². The first kappa shape index (κ1) is 14.6. The summed E-state index contributed by atoms with van der Waals surface area (Å²) in [6, 6.07) is 6.76. The quantitative estimate of drug-likeness (QED) is 0.850. The van der Waals surface area contributed by atoms with Gasteiger partial charge in [0.05, 0.1) is 0 Å². The Labute approximate surface area is 108 Å². The van der Waals surface area contributed by atoms with Crippen molar-refractivity contribution in [1.82, 2.24) is 0 Å². The molecule has 0 aromatic heterocycles. The van der Waals surface area contributed by atoms with Gasteiger partial charge in [0.25, 0.3) is 0 Å². The molecule has 0 saturated carbocycles. The van der Waals surface area contributed by atoms with Crippen LogP contribution in [0, 0.1) is 6.92 Å². The molecule has 1 aromatic rings. The first-order valence-corrected chi connectivity index (χ1v) is 8.61. The third-order valence-corrected chi connectivity index (χ3v) is 5.67. The van der Waals surface area contributed by atoms with E-state index < -0.39 is 10.2 Å². The lowest BCUT2D eigenvalue weighted by atomic mass is 9.86. The van der Waals surface area contributed by atoms with Crippen LogP contribution in [0.5, 0.6) is 0 Å². The molecule has 1 atom stereocenters. The van der Waals surface area contributed by atoms with Gasteiger partial charge >= 0.3 is 0 Å². The van der Waals surface area contributed by atoms with Crippen LogP contribution in [0.4, 0.5) is 0 Å². The van der Waals surface area contributed by atoms with Gasteiger partial charge in [-0.05, 0) is 42.4 Å². The zero-order valence-corrected chi connectivity index (χ0v) is 12.9. The third kappa shape index (κ3) is 3.49. The van der Waals surface area contributed by atoms with Gasteiger partial charge < -0.3 is 0 Å². The topological polar surface area (TPSA) is 26.0 Å². The average molecular weight is 253 g/mol. The lowest BCUT2D eigenvalue weighted by molar-refractivity contribution is 0.577. The summed E-state index contributed by atoms with van der Waals surface area (Å²) in [4.78, 5) is 1.40. The molecule has 0 aliphatic heterocycles. The summed E-state index contributed by atoms with van der Waals surface area (Å²) in [5.74, 6) is 1.11. The maximum atomic E-state index is 6.60. The van der Waals surface area contributed by atoms with Crippen molar-refractivity contribution >= 4 is 10.2 Å². The SMILES string of the molecule is CCCS(C)(N)c1cc(C)ccc1C(C)(C)C. The summed E-state index contributed by atoms with van der Waals surface area (Å²) in [7, 11) is -1.15. The van der Waals surface area contributed by atoms with Gasteiger partial charge in [0.1, 0.15) is 0 Å². The summed E-state index contributed by atoms with van der Waals surface area (Å²) < 4.78 is 0. The Bertz CT molecular complexity index is 388. The normalized spacial score (nSPS) is 17.6. The Morgan fingerprint density at radius 1 is 1.24 bits per heavy atom. The Morgan fingerprint density at radius 3 is 2.29 bits per heavy atom. The van der Waals surface area contributed by atoms with Crippen molar-refractivity contribution in [2.75, 3.05) is 12.0 Å². The molecule has 1 unspecified atom stereocenters. The van der Waals surface area contributed by atoms with Crippen LogP contribution in [0.25, 0.3) is 0 Å². The van der Waals surface area contributed by atoms with Crippen molar-refractivity contribution in [1.29, 1.82) is 0 Å². The summed E-state index contributed by atoms with van der Waals surface area (Å²) in [6.45, 7) is 11.2. The smallest absolute Gasteiger partial charge is 0.00575 e. The van der Waals surface area contributed by atoms with Crippen LogP contribution < -0.4 is 5.14 Å². The Morgan fingerprint density at radius 2 is 1.82 bits per heavy atom. The molecule has 0 aliphatic rings. The zero-order chi connectivity index (χ0) is 13.3. The highest BCUT2D eigenvalue weighted by molar-refractivity contribution is 8.31. The zero-order valence-electron chi connectivity index (χ0n) is 12.1. The second kappa shape index (κ2) is 5.03. The highest BCUT2D eigenvalue weighted by atomic mass is 32.3. The van der Waals surface area contributed by atoms with Gasteiger partial charge in [-0.1, -0.05) is 45.4 Å². The molecule has 2 heteroatoms. The molecule has 0 aliphatic carbocycles. The van der Waals surface area contributed by atoms with Crippen molar-refractivity contribution in [3.63, 3.8) is 0 Å². The van der Waals surface area contributed by atoms with Crippen molar-refractivity contribution < 1.29 is 0 Å². The van der Waals surface area contributed by atoms with E-state index in [0.29, 0.717) is 0 Å². The molecule has 98 valence electrons. The summed E-state index contributed by atoms with van der Waals surface area (Å²) in [5, 5.41) is 6.60. The van der Waals surface area contributed by atoms with Crippen LogP contribution in [0.2, 0.25) is 0 Å². The van der Waals surface area contributed by atoms with Crippen LogP contribution in [0.15, 0.2) is 23.1 Å².